The third kappa shape index (κ3) is 4.17. The zero-order valence-electron chi connectivity index (χ0n) is 18.3. The SMILES string of the molecule is O=C(CN1C(=O)C2CCCCC2C1=O)Nc1ccc2c(ccn2CCN2CCOCC2)c1. The van der Waals surface area contributed by atoms with Crippen molar-refractivity contribution in [3.63, 3.8) is 0 Å². The second kappa shape index (κ2) is 9.03. The second-order valence-corrected chi connectivity index (χ2v) is 9.04. The quantitative estimate of drug-likeness (QED) is 0.699. The number of morpholine rings is 1. The standard InChI is InChI=1S/C24H30N4O4/c29-22(16-28-23(30)19-3-1-2-4-20(19)24(28)31)25-18-5-6-21-17(15-18)7-8-27(21)10-9-26-11-13-32-14-12-26/h5-8,15,19-20H,1-4,9-14,16H2,(H,25,29). The molecule has 0 radical (unpaired) electrons. The summed E-state index contributed by atoms with van der Waals surface area (Å²) < 4.78 is 7.63. The van der Waals surface area contributed by atoms with Crippen LogP contribution in [0.5, 0.6) is 0 Å². The lowest BCUT2D eigenvalue weighted by Gasteiger charge is -2.26. The summed E-state index contributed by atoms with van der Waals surface area (Å²) in [6, 6.07) is 7.86. The van der Waals surface area contributed by atoms with E-state index in [1.807, 2.05) is 24.3 Å². The van der Waals surface area contributed by atoms with Gasteiger partial charge >= 0.3 is 0 Å². The van der Waals surface area contributed by atoms with Gasteiger partial charge in [-0.15, -0.1) is 0 Å². The first-order valence-electron chi connectivity index (χ1n) is 11.6. The van der Waals surface area contributed by atoms with Gasteiger partial charge in [0, 0.05) is 49.0 Å². The molecule has 3 fully saturated rings. The third-order valence-electron chi connectivity index (χ3n) is 7.05. The summed E-state index contributed by atoms with van der Waals surface area (Å²) in [5.41, 5.74) is 1.79. The molecule has 1 aliphatic carbocycles. The van der Waals surface area contributed by atoms with E-state index in [0.29, 0.717) is 5.69 Å². The number of rotatable bonds is 6. The molecule has 0 bridgehead atoms. The van der Waals surface area contributed by atoms with Crippen molar-refractivity contribution in [2.24, 2.45) is 11.8 Å². The van der Waals surface area contributed by atoms with E-state index >= 15 is 0 Å². The summed E-state index contributed by atoms with van der Waals surface area (Å²) in [4.78, 5) is 41.4. The zero-order chi connectivity index (χ0) is 22.1. The second-order valence-electron chi connectivity index (χ2n) is 9.04. The van der Waals surface area contributed by atoms with E-state index < -0.39 is 0 Å². The molecule has 3 amide bonds. The number of nitrogens with one attached hydrogen (secondary N) is 1. The maximum absolute atomic E-state index is 12.6. The molecule has 2 saturated heterocycles. The number of hydrogen-bond acceptors (Lipinski definition) is 5. The molecule has 1 saturated carbocycles. The number of nitrogens with zero attached hydrogens (tertiary/aromatic N) is 3. The van der Waals surface area contributed by atoms with Gasteiger partial charge in [0.05, 0.1) is 25.0 Å². The van der Waals surface area contributed by atoms with E-state index in [1.54, 1.807) is 0 Å². The van der Waals surface area contributed by atoms with Crippen molar-refractivity contribution >= 4 is 34.3 Å². The summed E-state index contributed by atoms with van der Waals surface area (Å²) in [7, 11) is 0. The smallest absolute Gasteiger partial charge is 0.244 e. The molecule has 5 rings (SSSR count). The number of imide groups is 1. The minimum absolute atomic E-state index is 0.178. The predicted octanol–water partition coefficient (Wildman–Crippen LogP) is 2.09. The number of carbonyl (C=O) groups excluding carboxylic acids is 3. The van der Waals surface area contributed by atoms with E-state index in [-0.39, 0.29) is 36.1 Å². The van der Waals surface area contributed by atoms with E-state index in [4.69, 9.17) is 4.74 Å². The van der Waals surface area contributed by atoms with Gasteiger partial charge in [0.1, 0.15) is 6.54 Å². The monoisotopic (exact) mass is 438 g/mol. The number of ether oxygens (including phenoxy) is 1. The number of amides is 3. The minimum atomic E-state index is -0.337. The highest BCUT2D eigenvalue weighted by molar-refractivity contribution is 6.08. The lowest BCUT2D eigenvalue weighted by molar-refractivity contribution is -0.142. The van der Waals surface area contributed by atoms with E-state index in [2.05, 4.69) is 21.0 Å². The van der Waals surface area contributed by atoms with Crippen LogP contribution in [0.3, 0.4) is 0 Å². The Morgan fingerprint density at radius 2 is 1.72 bits per heavy atom. The molecule has 32 heavy (non-hydrogen) atoms. The molecule has 8 heteroatoms. The Morgan fingerprint density at radius 1 is 1.00 bits per heavy atom. The molecule has 2 unspecified atom stereocenters. The molecule has 0 spiro atoms. The molecular weight excluding hydrogens is 408 g/mol. The Labute approximate surface area is 187 Å². The van der Waals surface area contributed by atoms with Crippen LogP contribution in [0.1, 0.15) is 25.7 Å². The fourth-order valence-corrected chi connectivity index (χ4v) is 5.28. The van der Waals surface area contributed by atoms with Crippen molar-refractivity contribution in [1.29, 1.82) is 0 Å². The first-order valence-corrected chi connectivity index (χ1v) is 11.6. The summed E-state index contributed by atoms with van der Waals surface area (Å²) >= 11 is 0. The number of benzene rings is 1. The van der Waals surface area contributed by atoms with Crippen LogP contribution in [-0.2, 0) is 25.7 Å². The summed E-state index contributed by atoms with van der Waals surface area (Å²) in [5, 5.41) is 3.91. The maximum Gasteiger partial charge on any atom is 0.244 e. The fraction of sp³-hybridized carbons (Fsp3) is 0.542. The molecule has 3 aliphatic rings. The van der Waals surface area contributed by atoms with Gasteiger partial charge in [0.15, 0.2) is 0 Å². The van der Waals surface area contributed by atoms with Gasteiger partial charge in [0.2, 0.25) is 17.7 Å². The number of hydrogen-bond donors (Lipinski definition) is 1. The van der Waals surface area contributed by atoms with E-state index in [9.17, 15) is 14.4 Å². The fourth-order valence-electron chi connectivity index (χ4n) is 5.28. The lowest BCUT2D eigenvalue weighted by atomic mass is 9.81. The van der Waals surface area contributed by atoms with E-state index in [0.717, 1.165) is 80.9 Å². The molecule has 3 heterocycles. The van der Waals surface area contributed by atoms with Crippen LogP contribution in [0.15, 0.2) is 30.5 Å². The van der Waals surface area contributed by atoms with Gasteiger partial charge in [-0.05, 0) is 37.1 Å². The Hall–Kier alpha value is -2.71. The molecule has 2 atom stereocenters. The number of fused-ring (bicyclic) bond motifs is 2. The lowest BCUT2D eigenvalue weighted by Crippen LogP contribution is -2.38. The number of likely N-dealkylation sites (tertiary alicyclic amines) is 1. The Kier molecular flexibility index (Phi) is 5.97. The molecule has 2 aromatic rings. The first kappa shape index (κ1) is 21.2. The van der Waals surface area contributed by atoms with Gasteiger partial charge in [-0.3, -0.25) is 24.2 Å². The van der Waals surface area contributed by atoms with Crippen LogP contribution in [0, 0.1) is 11.8 Å². The normalized spacial score (nSPS) is 24.2. The Morgan fingerprint density at radius 3 is 2.44 bits per heavy atom. The van der Waals surface area contributed by atoms with Crippen LogP contribution in [0.25, 0.3) is 10.9 Å². The van der Waals surface area contributed by atoms with Gasteiger partial charge in [-0.1, -0.05) is 12.8 Å². The van der Waals surface area contributed by atoms with Crippen molar-refractivity contribution < 1.29 is 19.1 Å². The predicted molar refractivity (Wildman–Crippen MR) is 120 cm³/mol. The molecule has 1 N–H and O–H groups in total. The van der Waals surface area contributed by atoms with Crippen LogP contribution in [-0.4, -0.2) is 71.5 Å². The topological polar surface area (TPSA) is 83.9 Å². The highest BCUT2D eigenvalue weighted by Gasteiger charge is 2.48. The summed E-state index contributed by atoms with van der Waals surface area (Å²) in [6.45, 7) is 5.21. The van der Waals surface area contributed by atoms with Crippen LogP contribution in [0.4, 0.5) is 5.69 Å². The third-order valence-corrected chi connectivity index (χ3v) is 7.05. The minimum Gasteiger partial charge on any atom is -0.379 e. The number of anilines is 1. The van der Waals surface area contributed by atoms with E-state index in [1.165, 1.54) is 0 Å². The molecule has 1 aromatic heterocycles. The summed E-state index contributed by atoms with van der Waals surface area (Å²) in [6.07, 6.45) is 5.54. The molecule has 8 nitrogen and oxygen atoms in total. The highest BCUT2D eigenvalue weighted by Crippen LogP contribution is 2.37. The van der Waals surface area contributed by atoms with Gasteiger partial charge in [-0.2, -0.15) is 0 Å². The van der Waals surface area contributed by atoms with Crippen molar-refractivity contribution in [3.8, 4) is 0 Å². The highest BCUT2D eigenvalue weighted by atomic mass is 16.5. The van der Waals surface area contributed by atoms with Gasteiger partial charge in [0.25, 0.3) is 0 Å². The van der Waals surface area contributed by atoms with Crippen molar-refractivity contribution in [2.75, 3.05) is 44.7 Å². The van der Waals surface area contributed by atoms with Crippen LogP contribution >= 0.6 is 0 Å². The Balaban J connectivity index is 1.20. The number of aromatic nitrogens is 1. The largest absolute Gasteiger partial charge is 0.379 e. The molecule has 170 valence electrons. The first-order chi connectivity index (χ1) is 15.6. The van der Waals surface area contributed by atoms with Crippen molar-refractivity contribution in [3.05, 3.63) is 30.5 Å². The van der Waals surface area contributed by atoms with Gasteiger partial charge < -0.3 is 14.6 Å². The van der Waals surface area contributed by atoms with Crippen molar-refractivity contribution in [2.45, 2.75) is 32.2 Å². The maximum atomic E-state index is 12.6. The Bertz CT molecular complexity index is 1000. The van der Waals surface area contributed by atoms with Crippen molar-refractivity contribution in [1.82, 2.24) is 14.4 Å². The average Bonchev–Trinajstić information content (AvgIpc) is 3.32. The molecule has 2 aliphatic heterocycles. The molecular formula is C24H30N4O4. The van der Waals surface area contributed by atoms with Crippen LogP contribution < -0.4 is 5.32 Å². The summed E-state index contributed by atoms with van der Waals surface area (Å²) in [5.74, 6) is -1.14. The number of carbonyl (C=O) groups is 3. The molecule has 1 aromatic carbocycles. The van der Waals surface area contributed by atoms with Crippen LogP contribution in [0.2, 0.25) is 0 Å². The average molecular weight is 439 g/mol. The zero-order valence-corrected chi connectivity index (χ0v) is 18.3. The van der Waals surface area contributed by atoms with Gasteiger partial charge in [-0.25, -0.2) is 0 Å².